The van der Waals surface area contributed by atoms with E-state index in [1.54, 1.807) is 11.2 Å². The van der Waals surface area contributed by atoms with Crippen molar-refractivity contribution in [1.82, 2.24) is 24.7 Å². The van der Waals surface area contributed by atoms with Gasteiger partial charge in [0.05, 0.1) is 12.2 Å². The summed E-state index contributed by atoms with van der Waals surface area (Å²) in [5.74, 6) is 0.247. The lowest BCUT2D eigenvalue weighted by atomic mass is 10.0. The minimum Gasteiger partial charge on any atom is -0.381 e. The topological polar surface area (TPSA) is 64.7 Å². The number of nitrogens with one attached hydrogen (secondary N) is 1. The van der Waals surface area contributed by atoms with Crippen LogP contribution < -0.4 is 0 Å². The molecule has 1 atom stereocenters. The van der Waals surface area contributed by atoms with Gasteiger partial charge >= 0.3 is 0 Å². The van der Waals surface area contributed by atoms with E-state index in [-0.39, 0.29) is 11.8 Å². The lowest BCUT2D eigenvalue weighted by Crippen LogP contribution is -2.45. The maximum Gasteiger partial charge on any atom is 0.227 e. The minimum absolute atomic E-state index is 0.0215. The van der Waals surface area contributed by atoms with E-state index in [1.165, 1.54) is 0 Å². The van der Waals surface area contributed by atoms with Crippen molar-refractivity contribution in [3.8, 4) is 0 Å². The van der Waals surface area contributed by atoms with Gasteiger partial charge in [0.25, 0.3) is 0 Å². The van der Waals surface area contributed by atoms with E-state index in [1.807, 2.05) is 20.3 Å². The molecule has 7 nitrogen and oxygen atoms in total. The third kappa shape index (κ3) is 4.34. The summed E-state index contributed by atoms with van der Waals surface area (Å²) in [4.78, 5) is 26.5. The molecule has 0 aliphatic carbocycles. The largest absolute Gasteiger partial charge is 0.381 e. The number of rotatable bonds is 4. The van der Waals surface area contributed by atoms with Crippen LogP contribution in [0.5, 0.6) is 0 Å². The van der Waals surface area contributed by atoms with Crippen molar-refractivity contribution >= 4 is 5.91 Å². The van der Waals surface area contributed by atoms with E-state index >= 15 is 0 Å². The lowest BCUT2D eigenvalue weighted by Gasteiger charge is -2.34. The third-order valence-electron chi connectivity index (χ3n) is 5.08. The van der Waals surface area contributed by atoms with Crippen LogP contribution in [0.15, 0.2) is 12.5 Å². The number of aromatic nitrogens is 2. The highest BCUT2D eigenvalue weighted by Gasteiger charge is 2.32. The Morgan fingerprint density at radius 2 is 2.12 bits per heavy atom. The molecule has 0 radical (unpaired) electrons. The van der Waals surface area contributed by atoms with Crippen LogP contribution in [0.3, 0.4) is 0 Å². The Balaban J connectivity index is 1.70. The Bertz CT molecular complexity index is 513. The molecule has 1 aromatic rings. The van der Waals surface area contributed by atoms with Gasteiger partial charge in [-0.1, -0.05) is 0 Å². The number of nitrogens with zero attached hydrogens (tertiary/aromatic N) is 4. The zero-order chi connectivity index (χ0) is 16.9. The van der Waals surface area contributed by atoms with Gasteiger partial charge in [-0.15, -0.1) is 0 Å². The molecule has 2 aliphatic heterocycles. The Morgan fingerprint density at radius 1 is 1.33 bits per heavy atom. The molecule has 1 N–H and O–H groups in total. The molecule has 0 unspecified atom stereocenters. The molecule has 0 spiro atoms. The van der Waals surface area contributed by atoms with Gasteiger partial charge in [0, 0.05) is 78.0 Å². The van der Waals surface area contributed by atoms with Gasteiger partial charge in [-0.2, -0.15) is 0 Å². The van der Waals surface area contributed by atoms with Gasteiger partial charge in [0.1, 0.15) is 0 Å². The molecule has 2 aliphatic rings. The molecule has 24 heavy (non-hydrogen) atoms. The van der Waals surface area contributed by atoms with Crippen molar-refractivity contribution in [2.75, 3.05) is 53.5 Å². The number of hydrogen-bond donors (Lipinski definition) is 1. The van der Waals surface area contributed by atoms with Crippen LogP contribution in [0.2, 0.25) is 0 Å². The number of H-pyrrole nitrogens is 1. The van der Waals surface area contributed by atoms with Gasteiger partial charge < -0.3 is 14.6 Å². The molecule has 1 aromatic heterocycles. The molecule has 7 heteroatoms. The molecule has 0 aromatic carbocycles. The van der Waals surface area contributed by atoms with Crippen molar-refractivity contribution in [1.29, 1.82) is 0 Å². The second-order valence-corrected chi connectivity index (χ2v) is 7.08. The van der Waals surface area contributed by atoms with E-state index < -0.39 is 0 Å². The Morgan fingerprint density at radius 3 is 2.79 bits per heavy atom. The normalized spacial score (nSPS) is 24.7. The average molecular weight is 335 g/mol. The first-order valence-electron chi connectivity index (χ1n) is 8.86. The van der Waals surface area contributed by atoms with Crippen molar-refractivity contribution in [3.05, 3.63) is 18.2 Å². The van der Waals surface area contributed by atoms with Crippen LogP contribution in [0.1, 0.15) is 18.5 Å². The molecule has 3 rings (SSSR count). The maximum absolute atomic E-state index is 12.7. The summed E-state index contributed by atoms with van der Waals surface area (Å²) in [6.07, 6.45) is 5.72. The van der Waals surface area contributed by atoms with E-state index in [0.717, 1.165) is 64.5 Å². The average Bonchev–Trinajstić information content (AvgIpc) is 3.00. The second kappa shape index (κ2) is 8.09. The first-order valence-corrected chi connectivity index (χ1v) is 8.86. The highest BCUT2D eigenvalue weighted by Crippen LogP contribution is 2.20. The van der Waals surface area contributed by atoms with Gasteiger partial charge in [0.15, 0.2) is 0 Å². The second-order valence-electron chi connectivity index (χ2n) is 7.08. The third-order valence-corrected chi connectivity index (χ3v) is 5.08. The molecule has 3 heterocycles. The summed E-state index contributed by atoms with van der Waals surface area (Å²) in [5.41, 5.74) is 1.10. The number of ether oxygens (including phenoxy) is 1. The van der Waals surface area contributed by atoms with E-state index in [0.29, 0.717) is 6.04 Å². The summed E-state index contributed by atoms with van der Waals surface area (Å²) >= 11 is 0. The van der Waals surface area contributed by atoms with Crippen LogP contribution in [0.25, 0.3) is 0 Å². The zero-order valence-electron chi connectivity index (χ0n) is 14.8. The number of carbonyl (C=O) groups is 1. The quantitative estimate of drug-likeness (QED) is 0.863. The first-order chi connectivity index (χ1) is 11.6. The zero-order valence-corrected chi connectivity index (χ0v) is 14.8. The van der Waals surface area contributed by atoms with Crippen molar-refractivity contribution in [3.63, 3.8) is 0 Å². The summed E-state index contributed by atoms with van der Waals surface area (Å²) in [6, 6.07) is 0.545. The highest BCUT2D eigenvalue weighted by molar-refractivity contribution is 5.78. The summed E-state index contributed by atoms with van der Waals surface area (Å²) in [6.45, 7) is 6.13. The Labute approximate surface area is 144 Å². The molecule has 2 fully saturated rings. The summed E-state index contributed by atoms with van der Waals surface area (Å²) in [7, 11) is 3.70. The number of aromatic amines is 1. The standard InChI is InChI=1S/C17H29N5O2/c1-20(2)17(23)14-10-21(12-15-9-18-13-19-15)5-6-22(11-14)16-3-7-24-8-4-16/h9,13-14,16H,3-8,10-12H2,1-2H3,(H,18,19)/t14-/m1/s1. The van der Waals surface area contributed by atoms with Crippen LogP contribution in [-0.4, -0.2) is 90.1 Å². The number of amides is 1. The predicted octanol–water partition coefficient (Wildman–Crippen LogP) is 0.411. The van der Waals surface area contributed by atoms with Gasteiger partial charge in [0.2, 0.25) is 5.91 Å². The van der Waals surface area contributed by atoms with E-state index in [9.17, 15) is 4.79 Å². The van der Waals surface area contributed by atoms with Crippen molar-refractivity contribution in [2.24, 2.45) is 5.92 Å². The number of hydrogen-bond acceptors (Lipinski definition) is 5. The van der Waals surface area contributed by atoms with Gasteiger partial charge in [-0.25, -0.2) is 4.98 Å². The predicted molar refractivity (Wildman–Crippen MR) is 91.5 cm³/mol. The fraction of sp³-hybridized carbons (Fsp3) is 0.765. The van der Waals surface area contributed by atoms with Crippen molar-refractivity contribution < 1.29 is 9.53 Å². The molecule has 0 saturated carbocycles. The first kappa shape index (κ1) is 17.4. The van der Waals surface area contributed by atoms with Crippen LogP contribution >= 0.6 is 0 Å². The fourth-order valence-electron chi connectivity index (χ4n) is 3.76. The molecular formula is C17H29N5O2. The van der Waals surface area contributed by atoms with E-state index in [4.69, 9.17) is 4.74 Å². The van der Waals surface area contributed by atoms with Gasteiger partial charge in [-0.3, -0.25) is 14.6 Å². The number of carbonyl (C=O) groups excluding carboxylic acids is 1. The molecule has 134 valence electrons. The molecule has 1 amide bonds. The molecule has 2 saturated heterocycles. The van der Waals surface area contributed by atoms with Crippen LogP contribution in [0, 0.1) is 5.92 Å². The SMILES string of the molecule is CN(C)C(=O)[C@@H]1CN(Cc2cnc[nH]2)CCN(C2CCOCC2)C1. The summed E-state index contributed by atoms with van der Waals surface area (Å²) < 4.78 is 5.50. The highest BCUT2D eigenvalue weighted by atomic mass is 16.5. The van der Waals surface area contributed by atoms with E-state index in [2.05, 4.69) is 19.8 Å². The smallest absolute Gasteiger partial charge is 0.227 e. The fourth-order valence-corrected chi connectivity index (χ4v) is 3.76. The Kier molecular flexibility index (Phi) is 5.86. The lowest BCUT2D eigenvalue weighted by molar-refractivity contribution is -0.134. The Hall–Kier alpha value is -1.44. The van der Waals surface area contributed by atoms with Crippen molar-refractivity contribution in [2.45, 2.75) is 25.4 Å². The number of imidazole rings is 1. The molecular weight excluding hydrogens is 306 g/mol. The molecule has 0 bridgehead atoms. The monoisotopic (exact) mass is 335 g/mol. The van der Waals surface area contributed by atoms with Crippen LogP contribution in [-0.2, 0) is 16.1 Å². The maximum atomic E-state index is 12.7. The van der Waals surface area contributed by atoms with Gasteiger partial charge in [-0.05, 0) is 12.8 Å². The van der Waals surface area contributed by atoms with Crippen LogP contribution in [0.4, 0.5) is 0 Å². The summed E-state index contributed by atoms with van der Waals surface area (Å²) in [5, 5.41) is 0. The minimum atomic E-state index is 0.0215.